The Labute approximate surface area is 111 Å². The van der Waals surface area contributed by atoms with Gasteiger partial charge in [0, 0.05) is 6.04 Å². The minimum absolute atomic E-state index is 0.360. The van der Waals surface area contributed by atoms with Gasteiger partial charge in [0.25, 0.3) is 0 Å². The van der Waals surface area contributed by atoms with Crippen molar-refractivity contribution in [2.75, 3.05) is 39.0 Å². The largest absolute Gasteiger partial charge is 0.330 e. The lowest BCUT2D eigenvalue weighted by Crippen LogP contribution is -2.40. The van der Waals surface area contributed by atoms with E-state index in [1.54, 1.807) is 0 Å². The number of rotatable bonds is 8. The van der Waals surface area contributed by atoms with Gasteiger partial charge >= 0.3 is 7.60 Å². The lowest BCUT2D eigenvalue weighted by atomic mass is 10.1. The van der Waals surface area contributed by atoms with Gasteiger partial charge in [-0.1, -0.05) is 0 Å². The zero-order valence-corrected chi connectivity index (χ0v) is 12.5. The highest BCUT2D eigenvalue weighted by molar-refractivity contribution is 7.53. The molecular formula is C12H27N2O3P. The third-order valence-electron chi connectivity index (χ3n) is 3.19. The standard InChI is InChI=1S/C12H27N2O3P/c1-3-16-18(15,17-4-2)11-5-8-14-9-6-12(13)7-10-14/h12H,3-11,13H2,1-2H3. The topological polar surface area (TPSA) is 64.8 Å². The van der Waals surface area contributed by atoms with E-state index < -0.39 is 7.60 Å². The lowest BCUT2D eigenvalue weighted by Gasteiger charge is -2.30. The number of nitrogens with zero attached hydrogens (tertiary/aromatic N) is 1. The third-order valence-corrected chi connectivity index (χ3v) is 5.36. The molecule has 2 N–H and O–H groups in total. The molecule has 1 aliphatic rings. The first-order chi connectivity index (χ1) is 8.59. The molecule has 1 saturated heterocycles. The first-order valence-corrected chi connectivity index (χ1v) is 8.68. The number of piperidine rings is 1. The summed E-state index contributed by atoms with van der Waals surface area (Å²) in [6.07, 6.45) is 3.49. The van der Waals surface area contributed by atoms with E-state index in [1.165, 1.54) is 0 Å². The average Bonchev–Trinajstić information content (AvgIpc) is 2.32. The molecule has 6 heteroatoms. The van der Waals surface area contributed by atoms with Crippen LogP contribution >= 0.6 is 7.60 Å². The van der Waals surface area contributed by atoms with Crippen LogP contribution in [0.4, 0.5) is 0 Å². The summed E-state index contributed by atoms with van der Waals surface area (Å²) in [7, 11) is -2.85. The van der Waals surface area contributed by atoms with Crippen molar-refractivity contribution in [2.24, 2.45) is 5.73 Å². The van der Waals surface area contributed by atoms with E-state index in [9.17, 15) is 4.57 Å². The maximum Gasteiger partial charge on any atom is 0.330 e. The molecule has 1 fully saturated rings. The highest BCUT2D eigenvalue weighted by Crippen LogP contribution is 2.48. The van der Waals surface area contributed by atoms with Gasteiger partial charge in [0.1, 0.15) is 0 Å². The van der Waals surface area contributed by atoms with E-state index in [0.717, 1.165) is 38.9 Å². The molecule has 1 heterocycles. The molecule has 1 aliphatic heterocycles. The van der Waals surface area contributed by atoms with Crippen LogP contribution in [0, 0.1) is 0 Å². The van der Waals surface area contributed by atoms with E-state index in [0.29, 0.717) is 25.4 Å². The number of hydrogen-bond donors (Lipinski definition) is 1. The molecule has 0 aromatic heterocycles. The van der Waals surface area contributed by atoms with E-state index in [1.807, 2.05) is 13.8 Å². The third kappa shape index (κ3) is 5.81. The van der Waals surface area contributed by atoms with Crippen LogP contribution in [0.1, 0.15) is 33.1 Å². The SMILES string of the molecule is CCOP(=O)(CCCN1CCC(N)CC1)OCC. The molecule has 0 spiro atoms. The van der Waals surface area contributed by atoms with Crippen LogP contribution in [-0.4, -0.2) is 50.0 Å². The van der Waals surface area contributed by atoms with Crippen molar-refractivity contribution in [3.05, 3.63) is 0 Å². The van der Waals surface area contributed by atoms with Gasteiger partial charge in [-0.2, -0.15) is 0 Å². The van der Waals surface area contributed by atoms with Crippen molar-refractivity contribution in [2.45, 2.75) is 39.2 Å². The molecule has 0 radical (unpaired) electrons. The van der Waals surface area contributed by atoms with Gasteiger partial charge in [-0.25, -0.2) is 0 Å². The summed E-state index contributed by atoms with van der Waals surface area (Å²) in [5.41, 5.74) is 5.86. The summed E-state index contributed by atoms with van der Waals surface area (Å²) in [6.45, 7) is 7.63. The van der Waals surface area contributed by atoms with Crippen LogP contribution in [0.15, 0.2) is 0 Å². The fraction of sp³-hybridized carbons (Fsp3) is 1.00. The summed E-state index contributed by atoms with van der Waals surface area (Å²) < 4.78 is 22.8. The summed E-state index contributed by atoms with van der Waals surface area (Å²) in [4.78, 5) is 2.38. The highest BCUT2D eigenvalue weighted by atomic mass is 31.2. The predicted octanol–water partition coefficient (Wildman–Crippen LogP) is 2.07. The molecule has 0 bridgehead atoms. The molecule has 0 atom stereocenters. The fourth-order valence-electron chi connectivity index (χ4n) is 2.22. The van der Waals surface area contributed by atoms with Gasteiger partial charge in [-0.15, -0.1) is 0 Å². The predicted molar refractivity (Wildman–Crippen MR) is 74.0 cm³/mol. The quantitative estimate of drug-likeness (QED) is 0.688. The van der Waals surface area contributed by atoms with E-state index in [4.69, 9.17) is 14.8 Å². The van der Waals surface area contributed by atoms with Gasteiger partial charge in [0.15, 0.2) is 0 Å². The molecular weight excluding hydrogens is 251 g/mol. The van der Waals surface area contributed by atoms with Crippen molar-refractivity contribution >= 4 is 7.60 Å². The molecule has 108 valence electrons. The second kappa shape index (κ2) is 8.28. The minimum Gasteiger partial charge on any atom is -0.328 e. The Morgan fingerprint density at radius 1 is 1.22 bits per heavy atom. The Bertz CT molecular complexity index is 258. The number of hydrogen-bond acceptors (Lipinski definition) is 5. The number of likely N-dealkylation sites (tertiary alicyclic amines) is 1. The van der Waals surface area contributed by atoms with Gasteiger partial charge in [0.05, 0.1) is 19.4 Å². The molecule has 0 aromatic rings. The summed E-state index contributed by atoms with van der Waals surface area (Å²) in [5.74, 6) is 0. The smallest absolute Gasteiger partial charge is 0.328 e. The summed E-state index contributed by atoms with van der Waals surface area (Å²) in [5, 5.41) is 0. The van der Waals surface area contributed by atoms with Gasteiger partial charge in [0.2, 0.25) is 0 Å². The Morgan fingerprint density at radius 2 is 1.78 bits per heavy atom. The first-order valence-electron chi connectivity index (χ1n) is 6.95. The van der Waals surface area contributed by atoms with Gasteiger partial charge < -0.3 is 19.7 Å². The summed E-state index contributed by atoms with van der Waals surface area (Å²) in [6, 6.07) is 0.360. The number of nitrogens with two attached hydrogens (primary N) is 1. The molecule has 1 rings (SSSR count). The minimum atomic E-state index is -2.85. The van der Waals surface area contributed by atoms with Crippen LogP contribution < -0.4 is 5.73 Å². The van der Waals surface area contributed by atoms with Crippen LogP contribution in [0.25, 0.3) is 0 Å². The van der Waals surface area contributed by atoms with Crippen LogP contribution in [0.5, 0.6) is 0 Å². The van der Waals surface area contributed by atoms with Crippen molar-refractivity contribution in [3.63, 3.8) is 0 Å². The Morgan fingerprint density at radius 3 is 2.28 bits per heavy atom. The second-order valence-electron chi connectivity index (χ2n) is 4.70. The van der Waals surface area contributed by atoms with Crippen LogP contribution in [0.3, 0.4) is 0 Å². The van der Waals surface area contributed by atoms with Crippen LogP contribution in [-0.2, 0) is 13.6 Å². The zero-order chi connectivity index (χ0) is 13.4. The van der Waals surface area contributed by atoms with E-state index >= 15 is 0 Å². The van der Waals surface area contributed by atoms with Gasteiger partial charge in [-0.3, -0.25) is 4.57 Å². The molecule has 0 amide bonds. The fourth-order valence-corrected chi connectivity index (χ4v) is 3.87. The van der Waals surface area contributed by atoms with E-state index in [2.05, 4.69) is 4.90 Å². The van der Waals surface area contributed by atoms with Crippen molar-refractivity contribution in [1.82, 2.24) is 4.90 Å². The normalized spacial score (nSPS) is 19.3. The Kier molecular flexibility index (Phi) is 7.42. The second-order valence-corrected chi connectivity index (χ2v) is 6.89. The summed E-state index contributed by atoms with van der Waals surface area (Å²) >= 11 is 0. The van der Waals surface area contributed by atoms with Crippen molar-refractivity contribution in [3.8, 4) is 0 Å². The molecule has 0 aromatic carbocycles. The lowest BCUT2D eigenvalue weighted by molar-refractivity contribution is 0.203. The zero-order valence-electron chi connectivity index (χ0n) is 11.6. The first kappa shape index (κ1) is 16.1. The highest BCUT2D eigenvalue weighted by Gasteiger charge is 2.23. The van der Waals surface area contributed by atoms with Gasteiger partial charge in [-0.05, 0) is 52.7 Å². The maximum absolute atomic E-state index is 12.2. The molecule has 18 heavy (non-hydrogen) atoms. The molecule has 5 nitrogen and oxygen atoms in total. The molecule has 0 unspecified atom stereocenters. The molecule has 0 saturated carbocycles. The van der Waals surface area contributed by atoms with Crippen molar-refractivity contribution in [1.29, 1.82) is 0 Å². The monoisotopic (exact) mass is 278 g/mol. The van der Waals surface area contributed by atoms with Crippen LogP contribution in [0.2, 0.25) is 0 Å². The maximum atomic E-state index is 12.2. The Balaban J connectivity index is 2.24. The Hall–Kier alpha value is 0.0700. The van der Waals surface area contributed by atoms with Crippen molar-refractivity contribution < 1.29 is 13.6 Å². The average molecular weight is 278 g/mol. The van der Waals surface area contributed by atoms with E-state index in [-0.39, 0.29) is 0 Å². The molecule has 0 aliphatic carbocycles.